The summed E-state index contributed by atoms with van der Waals surface area (Å²) >= 11 is 0. The van der Waals surface area contributed by atoms with E-state index in [0.29, 0.717) is 17.5 Å². The fraction of sp³-hybridized carbons (Fsp3) is 0.417. The van der Waals surface area contributed by atoms with Gasteiger partial charge >= 0.3 is 5.97 Å². The fourth-order valence-electron chi connectivity index (χ4n) is 1.94. The van der Waals surface area contributed by atoms with Crippen molar-refractivity contribution >= 4 is 5.97 Å². The van der Waals surface area contributed by atoms with Crippen molar-refractivity contribution in [1.29, 1.82) is 0 Å². The highest BCUT2D eigenvalue weighted by atomic mass is 16.5. The topological polar surface area (TPSA) is 66.8 Å². The normalized spacial score (nSPS) is 18.3. The third kappa shape index (κ3) is 1.60. The molecule has 0 saturated heterocycles. The Labute approximate surface area is 93.5 Å². The number of carbonyl (C=O) groups excluding carboxylic acids is 1. The molecular weight excluding hydrogens is 208 g/mol. The maximum Gasteiger partial charge on any atom is 0.339 e. The zero-order chi connectivity index (χ0) is 11.7. The maximum atomic E-state index is 11.5. The van der Waals surface area contributed by atoms with Crippen LogP contribution in [0.4, 0.5) is 0 Å². The van der Waals surface area contributed by atoms with E-state index >= 15 is 0 Å². The van der Waals surface area contributed by atoms with Gasteiger partial charge in [-0.3, -0.25) is 0 Å². The molecule has 1 unspecified atom stereocenters. The van der Waals surface area contributed by atoms with E-state index in [1.807, 2.05) is 6.92 Å². The monoisotopic (exact) mass is 222 g/mol. The number of benzene rings is 1. The first-order valence-electron chi connectivity index (χ1n) is 5.41. The van der Waals surface area contributed by atoms with E-state index in [1.165, 1.54) is 12.1 Å². The Morgan fingerprint density at radius 3 is 2.81 bits per heavy atom. The molecule has 0 spiro atoms. The van der Waals surface area contributed by atoms with Crippen molar-refractivity contribution in [1.82, 2.24) is 0 Å². The van der Waals surface area contributed by atoms with Gasteiger partial charge in [-0.1, -0.05) is 13.3 Å². The summed E-state index contributed by atoms with van der Waals surface area (Å²) in [5.74, 6) is -0.866. The van der Waals surface area contributed by atoms with Gasteiger partial charge in [-0.05, 0) is 25.0 Å². The molecule has 0 bridgehead atoms. The summed E-state index contributed by atoms with van der Waals surface area (Å²) in [7, 11) is 0. The highest BCUT2D eigenvalue weighted by Crippen LogP contribution is 2.43. The van der Waals surface area contributed by atoms with Gasteiger partial charge in [-0.15, -0.1) is 0 Å². The van der Waals surface area contributed by atoms with Gasteiger partial charge in [0.15, 0.2) is 11.5 Å². The number of carbonyl (C=O) groups is 1. The van der Waals surface area contributed by atoms with Crippen molar-refractivity contribution in [2.45, 2.75) is 32.3 Å². The summed E-state index contributed by atoms with van der Waals surface area (Å²) in [5.41, 5.74) is 0.787. The summed E-state index contributed by atoms with van der Waals surface area (Å²) in [6.45, 7) is 2.04. The highest BCUT2D eigenvalue weighted by molar-refractivity contribution is 5.95. The largest absolute Gasteiger partial charge is 0.504 e. The van der Waals surface area contributed by atoms with Crippen molar-refractivity contribution in [3.8, 4) is 11.5 Å². The summed E-state index contributed by atoms with van der Waals surface area (Å²) < 4.78 is 5.16. The Morgan fingerprint density at radius 1 is 1.38 bits per heavy atom. The van der Waals surface area contributed by atoms with Crippen molar-refractivity contribution in [2.75, 3.05) is 0 Å². The summed E-state index contributed by atoms with van der Waals surface area (Å²) in [6.07, 6.45) is 2.15. The molecule has 1 aromatic carbocycles. The second-order valence-corrected chi connectivity index (χ2v) is 3.93. The van der Waals surface area contributed by atoms with Gasteiger partial charge in [-0.25, -0.2) is 4.79 Å². The standard InChI is InChI=1S/C12H14O4/c1-2-3-4-9-10-7(12(15)16-9)5-6-8(13)11(10)14/h5-6,9,13-14H,2-4H2,1H3. The van der Waals surface area contributed by atoms with Gasteiger partial charge in [0.1, 0.15) is 6.10 Å². The van der Waals surface area contributed by atoms with Crippen LogP contribution in [0.1, 0.15) is 48.2 Å². The van der Waals surface area contributed by atoms with Gasteiger partial charge in [0.2, 0.25) is 0 Å². The highest BCUT2D eigenvalue weighted by Gasteiger charge is 2.34. The summed E-state index contributed by atoms with van der Waals surface area (Å²) in [5, 5.41) is 19.1. The van der Waals surface area contributed by atoms with Gasteiger partial charge in [0, 0.05) is 0 Å². The number of cyclic esters (lactones) is 1. The quantitative estimate of drug-likeness (QED) is 0.609. The van der Waals surface area contributed by atoms with Gasteiger partial charge in [-0.2, -0.15) is 0 Å². The number of aromatic hydroxyl groups is 2. The molecule has 2 N–H and O–H groups in total. The molecule has 1 aliphatic heterocycles. The first-order chi connectivity index (χ1) is 7.65. The first-order valence-corrected chi connectivity index (χ1v) is 5.41. The lowest BCUT2D eigenvalue weighted by atomic mass is 9.99. The molecule has 0 aromatic heterocycles. The van der Waals surface area contributed by atoms with Crippen LogP contribution in [0.25, 0.3) is 0 Å². The van der Waals surface area contributed by atoms with Crippen LogP contribution in [0.3, 0.4) is 0 Å². The second kappa shape index (κ2) is 4.04. The lowest BCUT2D eigenvalue weighted by Gasteiger charge is -2.11. The second-order valence-electron chi connectivity index (χ2n) is 3.93. The molecule has 2 rings (SSSR count). The predicted octanol–water partition coefficient (Wildman–Crippen LogP) is 2.50. The molecule has 1 atom stereocenters. The lowest BCUT2D eigenvalue weighted by Crippen LogP contribution is -1.98. The molecule has 1 aromatic rings. The smallest absolute Gasteiger partial charge is 0.339 e. The van der Waals surface area contributed by atoms with Gasteiger partial charge < -0.3 is 14.9 Å². The van der Waals surface area contributed by atoms with Crippen LogP contribution in [0.15, 0.2) is 12.1 Å². The SMILES string of the molecule is CCCCC1OC(=O)c2ccc(O)c(O)c21. The number of hydrogen-bond acceptors (Lipinski definition) is 4. The molecule has 0 fully saturated rings. The fourth-order valence-corrected chi connectivity index (χ4v) is 1.94. The minimum Gasteiger partial charge on any atom is -0.504 e. The maximum absolute atomic E-state index is 11.5. The molecule has 4 heteroatoms. The van der Waals surface area contributed by atoms with Gasteiger partial charge in [0.25, 0.3) is 0 Å². The molecule has 0 aliphatic carbocycles. The van der Waals surface area contributed by atoms with Crippen LogP contribution in [0, 0.1) is 0 Å². The zero-order valence-corrected chi connectivity index (χ0v) is 9.06. The Balaban J connectivity index is 2.38. The summed E-state index contributed by atoms with van der Waals surface area (Å²) in [4.78, 5) is 11.5. The van der Waals surface area contributed by atoms with Gasteiger partial charge in [0.05, 0.1) is 11.1 Å². The lowest BCUT2D eigenvalue weighted by molar-refractivity contribution is 0.0361. The Kier molecular flexibility index (Phi) is 2.73. The molecule has 4 nitrogen and oxygen atoms in total. The van der Waals surface area contributed by atoms with E-state index in [4.69, 9.17) is 4.74 Å². The molecule has 0 saturated carbocycles. The number of unbranched alkanes of at least 4 members (excludes halogenated alkanes) is 1. The van der Waals surface area contributed by atoms with E-state index in [-0.39, 0.29) is 11.5 Å². The predicted molar refractivity (Wildman–Crippen MR) is 57.5 cm³/mol. The van der Waals surface area contributed by atoms with Crippen LogP contribution < -0.4 is 0 Å². The van der Waals surface area contributed by atoms with E-state index in [0.717, 1.165) is 12.8 Å². The average molecular weight is 222 g/mol. The van der Waals surface area contributed by atoms with Crippen LogP contribution in [-0.4, -0.2) is 16.2 Å². The minimum absolute atomic E-state index is 0.210. The number of phenols is 2. The van der Waals surface area contributed by atoms with Crippen LogP contribution >= 0.6 is 0 Å². The van der Waals surface area contributed by atoms with Crippen molar-refractivity contribution in [3.05, 3.63) is 23.3 Å². The van der Waals surface area contributed by atoms with Crippen LogP contribution in [0.2, 0.25) is 0 Å². The Hall–Kier alpha value is -1.71. The molecule has 0 radical (unpaired) electrons. The van der Waals surface area contributed by atoms with E-state index < -0.39 is 12.1 Å². The Bertz CT molecular complexity index is 425. The first kappa shape index (κ1) is 10.8. The zero-order valence-electron chi connectivity index (χ0n) is 9.06. The molecule has 0 amide bonds. The van der Waals surface area contributed by atoms with E-state index in [9.17, 15) is 15.0 Å². The number of hydrogen-bond donors (Lipinski definition) is 2. The minimum atomic E-state index is -0.425. The third-order valence-electron chi connectivity index (χ3n) is 2.81. The molecule has 1 aliphatic rings. The van der Waals surface area contributed by atoms with Crippen molar-refractivity contribution < 1.29 is 19.7 Å². The number of phenolic OH excluding ortho intramolecular Hbond substituents is 2. The van der Waals surface area contributed by atoms with Crippen molar-refractivity contribution in [2.24, 2.45) is 0 Å². The number of fused-ring (bicyclic) bond motifs is 1. The van der Waals surface area contributed by atoms with Crippen molar-refractivity contribution in [3.63, 3.8) is 0 Å². The number of rotatable bonds is 3. The molecular formula is C12H14O4. The molecule has 1 heterocycles. The van der Waals surface area contributed by atoms with E-state index in [2.05, 4.69) is 0 Å². The third-order valence-corrected chi connectivity index (χ3v) is 2.81. The molecule has 86 valence electrons. The Morgan fingerprint density at radius 2 is 2.12 bits per heavy atom. The van der Waals surface area contributed by atoms with Crippen LogP contribution in [0.5, 0.6) is 11.5 Å². The average Bonchev–Trinajstić information content (AvgIpc) is 2.58. The number of ether oxygens (including phenoxy) is 1. The number of esters is 1. The van der Waals surface area contributed by atoms with Crippen LogP contribution in [-0.2, 0) is 4.74 Å². The van der Waals surface area contributed by atoms with E-state index in [1.54, 1.807) is 0 Å². The summed E-state index contributed by atoms with van der Waals surface area (Å²) in [6, 6.07) is 2.79. The molecule has 16 heavy (non-hydrogen) atoms.